The standard InChI is InChI=1S/C18H17NO2/c1-4-19-16-8-6-5-7-14(16)15-11-13(9-10-17(15)19)21-18(20)12(2)3/h5-11H,2,4H2,1,3H3. The summed E-state index contributed by atoms with van der Waals surface area (Å²) in [5.41, 5.74) is 2.73. The largest absolute Gasteiger partial charge is 0.423 e. The second kappa shape index (κ2) is 5.09. The predicted molar refractivity (Wildman–Crippen MR) is 85.6 cm³/mol. The summed E-state index contributed by atoms with van der Waals surface area (Å²) in [5.74, 6) is 0.156. The summed E-state index contributed by atoms with van der Waals surface area (Å²) in [6, 6.07) is 14.0. The molecule has 0 saturated carbocycles. The number of nitrogens with zero attached hydrogens (tertiary/aromatic N) is 1. The summed E-state index contributed by atoms with van der Waals surface area (Å²) in [7, 11) is 0. The van der Waals surface area contributed by atoms with Crippen molar-refractivity contribution >= 4 is 27.8 Å². The first kappa shape index (κ1) is 13.4. The molecule has 21 heavy (non-hydrogen) atoms. The van der Waals surface area contributed by atoms with Crippen LogP contribution in [-0.2, 0) is 11.3 Å². The minimum absolute atomic E-state index is 0.395. The fourth-order valence-electron chi connectivity index (χ4n) is 2.63. The van der Waals surface area contributed by atoms with Gasteiger partial charge in [-0.15, -0.1) is 0 Å². The Labute approximate surface area is 123 Å². The van der Waals surface area contributed by atoms with Crippen molar-refractivity contribution in [3.05, 3.63) is 54.6 Å². The molecule has 0 aliphatic carbocycles. The molecule has 0 aliphatic heterocycles. The monoisotopic (exact) mass is 279 g/mol. The van der Waals surface area contributed by atoms with Gasteiger partial charge in [0.2, 0.25) is 0 Å². The van der Waals surface area contributed by atoms with E-state index < -0.39 is 5.97 Å². The Bertz CT molecular complexity index is 858. The number of para-hydroxylation sites is 1. The van der Waals surface area contributed by atoms with Gasteiger partial charge < -0.3 is 9.30 Å². The molecular formula is C18H17NO2. The number of aryl methyl sites for hydroxylation is 1. The van der Waals surface area contributed by atoms with Gasteiger partial charge in [-0.25, -0.2) is 4.79 Å². The van der Waals surface area contributed by atoms with Crippen LogP contribution in [-0.4, -0.2) is 10.5 Å². The smallest absolute Gasteiger partial charge is 0.338 e. The number of carbonyl (C=O) groups is 1. The third-order valence-electron chi connectivity index (χ3n) is 3.62. The first-order chi connectivity index (χ1) is 10.1. The Hall–Kier alpha value is -2.55. The quantitative estimate of drug-likeness (QED) is 0.407. The second-order valence-electron chi connectivity index (χ2n) is 5.11. The molecule has 0 amide bonds. The molecule has 1 aromatic heterocycles. The average molecular weight is 279 g/mol. The van der Waals surface area contributed by atoms with E-state index in [1.54, 1.807) is 6.92 Å². The number of hydrogen-bond acceptors (Lipinski definition) is 2. The van der Waals surface area contributed by atoms with Crippen LogP contribution in [0.3, 0.4) is 0 Å². The molecule has 1 heterocycles. The zero-order chi connectivity index (χ0) is 15.0. The van der Waals surface area contributed by atoms with Crippen LogP contribution in [0, 0.1) is 0 Å². The molecule has 0 bridgehead atoms. The fraction of sp³-hybridized carbons (Fsp3) is 0.167. The van der Waals surface area contributed by atoms with Crippen LogP contribution in [0.25, 0.3) is 21.8 Å². The van der Waals surface area contributed by atoms with E-state index in [-0.39, 0.29) is 0 Å². The predicted octanol–water partition coefficient (Wildman–Crippen LogP) is 4.30. The van der Waals surface area contributed by atoms with Gasteiger partial charge >= 0.3 is 5.97 Å². The van der Waals surface area contributed by atoms with Crippen molar-refractivity contribution in [2.24, 2.45) is 0 Å². The molecule has 0 radical (unpaired) electrons. The van der Waals surface area contributed by atoms with Crippen molar-refractivity contribution in [1.29, 1.82) is 0 Å². The maximum Gasteiger partial charge on any atom is 0.338 e. The first-order valence-electron chi connectivity index (χ1n) is 7.00. The molecule has 0 atom stereocenters. The summed E-state index contributed by atoms with van der Waals surface area (Å²) < 4.78 is 7.59. The third-order valence-corrected chi connectivity index (χ3v) is 3.62. The number of hydrogen-bond donors (Lipinski definition) is 0. The van der Waals surface area contributed by atoms with E-state index in [1.165, 1.54) is 10.9 Å². The molecule has 3 aromatic rings. The van der Waals surface area contributed by atoms with Crippen molar-refractivity contribution in [3.63, 3.8) is 0 Å². The van der Waals surface area contributed by atoms with Crippen molar-refractivity contribution < 1.29 is 9.53 Å². The molecule has 0 fully saturated rings. The summed E-state index contributed by atoms with van der Waals surface area (Å²) in [4.78, 5) is 11.6. The molecule has 0 aliphatic rings. The van der Waals surface area contributed by atoms with Gasteiger partial charge in [-0.3, -0.25) is 0 Å². The molecular weight excluding hydrogens is 262 g/mol. The normalized spacial score (nSPS) is 11.0. The summed E-state index contributed by atoms with van der Waals surface area (Å²) in [6.45, 7) is 8.27. The summed E-state index contributed by atoms with van der Waals surface area (Å²) in [6.07, 6.45) is 0. The number of ether oxygens (including phenoxy) is 1. The highest BCUT2D eigenvalue weighted by Crippen LogP contribution is 2.31. The second-order valence-corrected chi connectivity index (χ2v) is 5.11. The Morgan fingerprint density at radius 3 is 2.57 bits per heavy atom. The first-order valence-corrected chi connectivity index (χ1v) is 7.00. The highest BCUT2D eigenvalue weighted by Gasteiger charge is 2.11. The van der Waals surface area contributed by atoms with Crippen LogP contribution in [0.1, 0.15) is 13.8 Å². The number of esters is 1. The fourth-order valence-corrected chi connectivity index (χ4v) is 2.63. The van der Waals surface area contributed by atoms with Crippen LogP contribution < -0.4 is 4.74 Å². The number of benzene rings is 2. The topological polar surface area (TPSA) is 31.2 Å². The van der Waals surface area contributed by atoms with E-state index in [2.05, 4.69) is 30.2 Å². The third kappa shape index (κ3) is 2.21. The van der Waals surface area contributed by atoms with Gasteiger partial charge in [-0.2, -0.15) is 0 Å². The SMILES string of the molecule is C=C(C)C(=O)Oc1ccc2c(c1)c1ccccc1n2CC. The van der Waals surface area contributed by atoms with E-state index in [0.717, 1.165) is 17.4 Å². The average Bonchev–Trinajstić information content (AvgIpc) is 2.80. The molecule has 0 saturated heterocycles. The van der Waals surface area contributed by atoms with Crippen molar-refractivity contribution in [2.45, 2.75) is 20.4 Å². The highest BCUT2D eigenvalue weighted by atomic mass is 16.5. The summed E-state index contributed by atoms with van der Waals surface area (Å²) >= 11 is 0. The lowest BCUT2D eigenvalue weighted by Crippen LogP contribution is -2.07. The molecule has 3 nitrogen and oxygen atoms in total. The number of aromatic nitrogens is 1. The van der Waals surface area contributed by atoms with E-state index >= 15 is 0 Å². The lowest BCUT2D eigenvalue weighted by molar-refractivity contribution is -0.130. The molecule has 3 heteroatoms. The Morgan fingerprint density at radius 2 is 1.86 bits per heavy atom. The van der Waals surface area contributed by atoms with Gasteiger partial charge in [0.25, 0.3) is 0 Å². The Morgan fingerprint density at radius 1 is 1.14 bits per heavy atom. The van der Waals surface area contributed by atoms with E-state index in [4.69, 9.17) is 4.74 Å². The van der Waals surface area contributed by atoms with Gasteiger partial charge in [-0.1, -0.05) is 24.8 Å². The number of fused-ring (bicyclic) bond motifs is 3. The molecule has 3 rings (SSSR count). The Balaban J connectivity index is 2.19. The van der Waals surface area contributed by atoms with Crippen LogP contribution in [0.2, 0.25) is 0 Å². The van der Waals surface area contributed by atoms with Crippen molar-refractivity contribution in [2.75, 3.05) is 0 Å². The van der Waals surface area contributed by atoms with Crippen LogP contribution in [0.15, 0.2) is 54.6 Å². The lowest BCUT2D eigenvalue weighted by atomic mass is 10.1. The molecule has 0 spiro atoms. The zero-order valence-electron chi connectivity index (χ0n) is 12.2. The van der Waals surface area contributed by atoms with Gasteiger partial charge in [0.1, 0.15) is 5.75 Å². The van der Waals surface area contributed by atoms with Crippen LogP contribution in [0.4, 0.5) is 0 Å². The lowest BCUT2D eigenvalue weighted by Gasteiger charge is -2.05. The maximum absolute atomic E-state index is 11.6. The Kier molecular flexibility index (Phi) is 3.26. The van der Waals surface area contributed by atoms with E-state index in [0.29, 0.717) is 11.3 Å². The van der Waals surface area contributed by atoms with Crippen molar-refractivity contribution in [3.8, 4) is 5.75 Å². The van der Waals surface area contributed by atoms with Gasteiger partial charge in [0, 0.05) is 33.9 Å². The number of carbonyl (C=O) groups excluding carboxylic acids is 1. The molecule has 0 N–H and O–H groups in total. The number of rotatable bonds is 3. The molecule has 0 unspecified atom stereocenters. The van der Waals surface area contributed by atoms with E-state index in [1.807, 2.05) is 30.3 Å². The minimum atomic E-state index is -0.395. The van der Waals surface area contributed by atoms with Gasteiger partial charge in [-0.05, 0) is 38.1 Å². The molecule has 106 valence electrons. The minimum Gasteiger partial charge on any atom is -0.423 e. The van der Waals surface area contributed by atoms with E-state index in [9.17, 15) is 4.79 Å². The summed E-state index contributed by atoms with van der Waals surface area (Å²) in [5, 5.41) is 2.27. The van der Waals surface area contributed by atoms with Crippen molar-refractivity contribution in [1.82, 2.24) is 4.57 Å². The van der Waals surface area contributed by atoms with Crippen LogP contribution >= 0.6 is 0 Å². The van der Waals surface area contributed by atoms with Gasteiger partial charge in [0.15, 0.2) is 0 Å². The maximum atomic E-state index is 11.6. The van der Waals surface area contributed by atoms with Crippen LogP contribution in [0.5, 0.6) is 5.75 Å². The van der Waals surface area contributed by atoms with Gasteiger partial charge in [0.05, 0.1) is 0 Å². The molecule has 2 aromatic carbocycles. The zero-order valence-corrected chi connectivity index (χ0v) is 12.2. The highest BCUT2D eigenvalue weighted by molar-refractivity contribution is 6.08.